The summed E-state index contributed by atoms with van der Waals surface area (Å²) in [6.07, 6.45) is 0.327. The molecular formula is C12H16N2O2S. The Labute approximate surface area is 106 Å². The SMILES string of the molecule is COCCC(=O)Nc1cc(C(N)=S)ccc1C. The second-order valence-electron chi connectivity index (χ2n) is 3.68. The third kappa shape index (κ3) is 4.13. The van der Waals surface area contributed by atoms with Gasteiger partial charge < -0.3 is 15.8 Å². The zero-order valence-electron chi connectivity index (χ0n) is 9.95. The summed E-state index contributed by atoms with van der Waals surface area (Å²) in [6.45, 7) is 2.31. The summed E-state index contributed by atoms with van der Waals surface area (Å²) in [4.78, 5) is 11.9. The van der Waals surface area contributed by atoms with Gasteiger partial charge in [-0.25, -0.2) is 0 Å². The molecule has 0 saturated carbocycles. The molecule has 0 aliphatic heterocycles. The van der Waals surface area contributed by atoms with Crippen molar-refractivity contribution in [3.8, 4) is 0 Å². The van der Waals surface area contributed by atoms with Crippen LogP contribution in [0.1, 0.15) is 17.5 Å². The minimum atomic E-state index is -0.0879. The minimum absolute atomic E-state index is 0.0879. The number of thiocarbonyl (C=S) groups is 1. The lowest BCUT2D eigenvalue weighted by Gasteiger charge is -2.10. The number of carbonyl (C=O) groups is 1. The summed E-state index contributed by atoms with van der Waals surface area (Å²) in [5.74, 6) is -0.0879. The fourth-order valence-corrected chi connectivity index (χ4v) is 1.44. The topological polar surface area (TPSA) is 64.3 Å². The van der Waals surface area contributed by atoms with Crippen molar-refractivity contribution in [3.63, 3.8) is 0 Å². The molecule has 5 heteroatoms. The van der Waals surface area contributed by atoms with Crippen LogP contribution in [0.4, 0.5) is 5.69 Å². The summed E-state index contributed by atoms with van der Waals surface area (Å²) in [7, 11) is 1.56. The molecule has 17 heavy (non-hydrogen) atoms. The van der Waals surface area contributed by atoms with Crippen molar-refractivity contribution >= 4 is 28.8 Å². The fraction of sp³-hybridized carbons (Fsp3) is 0.333. The molecule has 1 rings (SSSR count). The zero-order valence-corrected chi connectivity index (χ0v) is 10.8. The Morgan fingerprint density at radius 1 is 1.53 bits per heavy atom. The van der Waals surface area contributed by atoms with Gasteiger partial charge in [0.15, 0.2) is 0 Å². The molecular weight excluding hydrogens is 236 g/mol. The molecule has 0 aliphatic carbocycles. The van der Waals surface area contributed by atoms with Gasteiger partial charge in [-0.1, -0.05) is 24.4 Å². The molecule has 3 N–H and O–H groups in total. The third-order valence-electron chi connectivity index (χ3n) is 2.33. The van der Waals surface area contributed by atoms with Crippen LogP contribution in [0.15, 0.2) is 18.2 Å². The Kier molecular flexibility index (Phi) is 5.06. The molecule has 0 saturated heterocycles. The Morgan fingerprint density at radius 2 is 2.24 bits per heavy atom. The predicted octanol–water partition coefficient (Wildman–Crippen LogP) is 1.60. The van der Waals surface area contributed by atoms with Crippen LogP contribution in [0.25, 0.3) is 0 Å². The third-order valence-corrected chi connectivity index (χ3v) is 2.57. The van der Waals surface area contributed by atoms with Gasteiger partial charge in [0.1, 0.15) is 4.99 Å². The molecule has 0 aromatic heterocycles. The average molecular weight is 252 g/mol. The zero-order chi connectivity index (χ0) is 12.8. The highest BCUT2D eigenvalue weighted by Crippen LogP contribution is 2.17. The lowest BCUT2D eigenvalue weighted by Crippen LogP contribution is -2.16. The van der Waals surface area contributed by atoms with Gasteiger partial charge in [-0.3, -0.25) is 4.79 Å². The normalized spacial score (nSPS) is 10.0. The van der Waals surface area contributed by atoms with Crippen LogP contribution in [0.5, 0.6) is 0 Å². The van der Waals surface area contributed by atoms with Crippen molar-refractivity contribution in [2.45, 2.75) is 13.3 Å². The van der Waals surface area contributed by atoms with E-state index in [1.54, 1.807) is 13.2 Å². The Morgan fingerprint density at radius 3 is 2.82 bits per heavy atom. The minimum Gasteiger partial charge on any atom is -0.389 e. The number of methoxy groups -OCH3 is 1. The van der Waals surface area contributed by atoms with Gasteiger partial charge in [0.05, 0.1) is 13.0 Å². The van der Waals surface area contributed by atoms with E-state index in [-0.39, 0.29) is 5.91 Å². The molecule has 0 aliphatic rings. The Hall–Kier alpha value is -1.46. The predicted molar refractivity (Wildman–Crippen MR) is 72.2 cm³/mol. The van der Waals surface area contributed by atoms with Crippen molar-refractivity contribution in [1.29, 1.82) is 0 Å². The maximum absolute atomic E-state index is 11.5. The van der Waals surface area contributed by atoms with E-state index in [1.165, 1.54) is 0 Å². The molecule has 1 aromatic carbocycles. The second kappa shape index (κ2) is 6.32. The molecule has 0 spiro atoms. The van der Waals surface area contributed by atoms with Crippen LogP contribution in [0, 0.1) is 6.92 Å². The highest BCUT2D eigenvalue weighted by Gasteiger charge is 2.06. The van der Waals surface area contributed by atoms with Crippen LogP contribution in [0.3, 0.4) is 0 Å². The summed E-state index contributed by atoms with van der Waals surface area (Å²) in [5, 5.41) is 2.81. The van der Waals surface area contributed by atoms with Gasteiger partial charge in [0.25, 0.3) is 0 Å². The smallest absolute Gasteiger partial charge is 0.226 e. The van der Waals surface area contributed by atoms with Crippen LogP contribution in [0.2, 0.25) is 0 Å². The summed E-state index contributed by atoms with van der Waals surface area (Å²) in [5.41, 5.74) is 7.99. The largest absolute Gasteiger partial charge is 0.389 e. The summed E-state index contributed by atoms with van der Waals surface area (Å²) < 4.78 is 4.84. The monoisotopic (exact) mass is 252 g/mol. The van der Waals surface area contributed by atoms with Gasteiger partial charge in [-0.15, -0.1) is 0 Å². The van der Waals surface area contributed by atoms with E-state index in [1.807, 2.05) is 19.1 Å². The number of hydrogen-bond donors (Lipinski definition) is 2. The molecule has 1 aromatic rings. The molecule has 0 unspecified atom stereocenters. The molecule has 1 amide bonds. The first-order valence-corrected chi connectivity index (χ1v) is 5.64. The van der Waals surface area contributed by atoms with E-state index >= 15 is 0 Å². The van der Waals surface area contributed by atoms with E-state index in [0.29, 0.717) is 18.0 Å². The number of amides is 1. The molecule has 0 bridgehead atoms. The van der Waals surface area contributed by atoms with E-state index < -0.39 is 0 Å². The van der Waals surface area contributed by atoms with E-state index in [2.05, 4.69) is 5.32 Å². The van der Waals surface area contributed by atoms with Crippen molar-refractivity contribution in [3.05, 3.63) is 29.3 Å². The van der Waals surface area contributed by atoms with Crippen molar-refractivity contribution in [2.24, 2.45) is 5.73 Å². The second-order valence-corrected chi connectivity index (χ2v) is 4.12. The molecule has 4 nitrogen and oxygen atoms in total. The number of benzene rings is 1. The van der Waals surface area contributed by atoms with Crippen molar-refractivity contribution in [2.75, 3.05) is 19.0 Å². The number of rotatable bonds is 5. The maximum Gasteiger partial charge on any atom is 0.226 e. The lowest BCUT2D eigenvalue weighted by molar-refractivity contribution is -0.117. The van der Waals surface area contributed by atoms with Gasteiger partial charge in [0.2, 0.25) is 5.91 Å². The Bertz CT molecular complexity index is 433. The van der Waals surface area contributed by atoms with Crippen LogP contribution >= 0.6 is 12.2 Å². The highest BCUT2D eigenvalue weighted by atomic mass is 32.1. The number of ether oxygens (including phenoxy) is 1. The standard InChI is InChI=1S/C12H16N2O2S/c1-8-3-4-9(12(13)17)7-10(8)14-11(15)5-6-16-2/h3-4,7H,5-6H2,1-2H3,(H2,13,17)(H,14,15). The Balaban J connectivity index is 2.79. The fourth-order valence-electron chi connectivity index (χ4n) is 1.32. The quantitative estimate of drug-likeness (QED) is 0.781. The van der Waals surface area contributed by atoms with Gasteiger partial charge >= 0.3 is 0 Å². The van der Waals surface area contributed by atoms with Crippen LogP contribution < -0.4 is 11.1 Å². The molecule has 92 valence electrons. The van der Waals surface area contributed by atoms with Gasteiger partial charge in [-0.2, -0.15) is 0 Å². The molecule has 0 fully saturated rings. The first-order chi connectivity index (χ1) is 8.04. The number of hydrogen-bond acceptors (Lipinski definition) is 3. The molecule has 0 radical (unpaired) electrons. The van der Waals surface area contributed by atoms with E-state index in [9.17, 15) is 4.79 Å². The average Bonchev–Trinajstić information content (AvgIpc) is 2.29. The lowest BCUT2D eigenvalue weighted by atomic mass is 10.1. The summed E-state index contributed by atoms with van der Waals surface area (Å²) >= 11 is 4.89. The summed E-state index contributed by atoms with van der Waals surface area (Å²) in [6, 6.07) is 5.49. The van der Waals surface area contributed by atoms with E-state index in [4.69, 9.17) is 22.7 Å². The van der Waals surface area contributed by atoms with Crippen molar-refractivity contribution in [1.82, 2.24) is 0 Å². The van der Waals surface area contributed by atoms with Crippen LogP contribution in [-0.2, 0) is 9.53 Å². The number of nitrogens with two attached hydrogens (primary N) is 1. The molecule has 0 heterocycles. The number of aryl methyl sites for hydroxylation is 1. The first kappa shape index (κ1) is 13.6. The maximum atomic E-state index is 11.5. The van der Waals surface area contributed by atoms with Crippen molar-refractivity contribution < 1.29 is 9.53 Å². The highest BCUT2D eigenvalue weighted by molar-refractivity contribution is 7.80. The number of carbonyl (C=O) groups excluding carboxylic acids is 1. The van der Waals surface area contributed by atoms with Gasteiger partial charge in [-0.05, 0) is 18.6 Å². The first-order valence-electron chi connectivity index (χ1n) is 5.24. The molecule has 0 atom stereocenters. The number of anilines is 1. The van der Waals surface area contributed by atoms with Gasteiger partial charge in [0, 0.05) is 18.4 Å². The van der Waals surface area contributed by atoms with Crippen LogP contribution in [-0.4, -0.2) is 24.6 Å². The van der Waals surface area contributed by atoms with E-state index in [0.717, 1.165) is 16.8 Å². The number of nitrogens with one attached hydrogen (secondary N) is 1.